The smallest absolute Gasteiger partial charge is 0.351 e. The van der Waals surface area contributed by atoms with Gasteiger partial charge in [0.1, 0.15) is 0 Å². The number of hydrogen-bond acceptors (Lipinski definition) is 2. The summed E-state index contributed by atoms with van der Waals surface area (Å²) in [5, 5.41) is 0. The number of nitrogens with zero attached hydrogens (tertiary/aromatic N) is 2. The summed E-state index contributed by atoms with van der Waals surface area (Å²) in [7, 11) is 0. The van der Waals surface area contributed by atoms with Crippen molar-refractivity contribution >= 4 is 6.03 Å². The molecular formula is C17H22F3N3O. The van der Waals surface area contributed by atoms with E-state index in [-0.39, 0.29) is 18.0 Å². The minimum absolute atomic E-state index is 0.163. The molecule has 3 rings (SSSR count). The summed E-state index contributed by atoms with van der Waals surface area (Å²) in [6.45, 7) is 4.17. The van der Waals surface area contributed by atoms with Crippen molar-refractivity contribution < 1.29 is 18.0 Å². The molecule has 3 atom stereocenters. The van der Waals surface area contributed by atoms with E-state index in [1.165, 1.54) is 12.1 Å². The fourth-order valence-corrected chi connectivity index (χ4v) is 4.16. The van der Waals surface area contributed by atoms with Crippen molar-refractivity contribution in [3.8, 4) is 0 Å². The molecule has 2 fully saturated rings. The summed E-state index contributed by atoms with van der Waals surface area (Å²) in [6, 6.07) is 4.87. The highest BCUT2D eigenvalue weighted by molar-refractivity contribution is 5.73. The predicted molar refractivity (Wildman–Crippen MR) is 84.5 cm³/mol. The number of carbonyl (C=O) groups excluding carboxylic acids is 1. The van der Waals surface area contributed by atoms with Gasteiger partial charge < -0.3 is 10.6 Å². The molecule has 1 aromatic carbocycles. The lowest BCUT2D eigenvalue weighted by Gasteiger charge is -2.47. The number of primary amides is 1. The highest BCUT2D eigenvalue weighted by atomic mass is 19.4. The Morgan fingerprint density at radius 1 is 1.29 bits per heavy atom. The van der Waals surface area contributed by atoms with Gasteiger partial charge in [0.15, 0.2) is 0 Å². The second-order valence-electron chi connectivity index (χ2n) is 6.68. The van der Waals surface area contributed by atoms with Crippen LogP contribution in [0.2, 0.25) is 0 Å². The zero-order valence-electron chi connectivity index (χ0n) is 13.6. The normalized spacial score (nSPS) is 26.2. The maximum absolute atomic E-state index is 13.0. The van der Waals surface area contributed by atoms with Gasteiger partial charge in [-0.05, 0) is 31.0 Å². The van der Waals surface area contributed by atoms with Crippen LogP contribution in [0.5, 0.6) is 0 Å². The van der Waals surface area contributed by atoms with Crippen molar-refractivity contribution in [3.05, 3.63) is 35.4 Å². The number of rotatable bonds is 2. The van der Waals surface area contributed by atoms with E-state index in [1.54, 1.807) is 11.0 Å². The van der Waals surface area contributed by atoms with E-state index in [9.17, 15) is 18.0 Å². The van der Waals surface area contributed by atoms with Crippen LogP contribution in [0, 0.1) is 0 Å². The maximum Gasteiger partial charge on any atom is 0.416 e. The predicted octanol–water partition coefficient (Wildman–Crippen LogP) is 3.04. The lowest BCUT2D eigenvalue weighted by molar-refractivity contribution is -0.137. The van der Waals surface area contributed by atoms with Gasteiger partial charge >= 0.3 is 12.2 Å². The Hall–Kier alpha value is -1.76. The Bertz CT molecular complexity index is 619. The molecule has 2 aliphatic heterocycles. The molecule has 1 aromatic rings. The first-order chi connectivity index (χ1) is 11.3. The van der Waals surface area contributed by atoms with Gasteiger partial charge in [-0.25, -0.2) is 4.79 Å². The number of fused-ring (bicyclic) bond motifs is 1. The number of benzene rings is 1. The van der Waals surface area contributed by atoms with Crippen LogP contribution in [0.25, 0.3) is 0 Å². The van der Waals surface area contributed by atoms with Crippen LogP contribution in [0.3, 0.4) is 0 Å². The van der Waals surface area contributed by atoms with Crippen LogP contribution in [-0.2, 0) is 6.18 Å². The van der Waals surface area contributed by atoms with Crippen LogP contribution in [0.4, 0.5) is 18.0 Å². The summed E-state index contributed by atoms with van der Waals surface area (Å²) in [4.78, 5) is 15.8. The second-order valence-corrected chi connectivity index (χ2v) is 6.68. The van der Waals surface area contributed by atoms with Gasteiger partial charge in [0.2, 0.25) is 0 Å². The van der Waals surface area contributed by atoms with E-state index in [0.717, 1.165) is 32.0 Å². The summed E-state index contributed by atoms with van der Waals surface area (Å²) in [6.07, 6.45) is -2.38. The standard InChI is InChI=1S/C17H22F3N3O/c1-11(12-4-2-5-13(10-12)17(18,19)20)15-14-6-3-7-22(14)8-9-23(15)16(21)24/h2,4-5,10-11,14-15H,3,6-9H2,1H3,(H2,21,24)/t11-,14?,15?/m1/s1. The monoisotopic (exact) mass is 341 g/mol. The molecule has 2 unspecified atom stereocenters. The summed E-state index contributed by atoms with van der Waals surface area (Å²) in [5.74, 6) is -0.217. The zero-order chi connectivity index (χ0) is 17.5. The van der Waals surface area contributed by atoms with Gasteiger partial charge in [0.25, 0.3) is 0 Å². The van der Waals surface area contributed by atoms with Gasteiger partial charge in [0.05, 0.1) is 11.6 Å². The fourth-order valence-electron chi connectivity index (χ4n) is 4.16. The van der Waals surface area contributed by atoms with Crippen molar-refractivity contribution in [1.29, 1.82) is 0 Å². The second kappa shape index (κ2) is 6.27. The number of piperazine rings is 1. The van der Waals surface area contributed by atoms with Gasteiger partial charge in [-0.15, -0.1) is 0 Å². The quantitative estimate of drug-likeness (QED) is 0.899. The van der Waals surface area contributed by atoms with E-state index in [0.29, 0.717) is 12.1 Å². The average molecular weight is 341 g/mol. The molecule has 132 valence electrons. The van der Waals surface area contributed by atoms with Crippen LogP contribution in [0.15, 0.2) is 24.3 Å². The molecule has 0 aromatic heterocycles. The van der Waals surface area contributed by atoms with Gasteiger partial charge in [-0.2, -0.15) is 13.2 Å². The van der Waals surface area contributed by atoms with E-state index in [2.05, 4.69) is 4.90 Å². The molecule has 2 heterocycles. The van der Waals surface area contributed by atoms with E-state index in [1.807, 2.05) is 6.92 Å². The number of amides is 2. The summed E-state index contributed by atoms with van der Waals surface area (Å²) in [5.41, 5.74) is 5.48. The van der Waals surface area contributed by atoms with Gasteiger partial charge in [-0.1, -0.05) is 25.1 Å². The third-order valence-electron chi connectivity index (χ3n) is 5.33. The molecule has 2 N–H and O–H groups in total. The SMILES string of the molecule is C[C@H](c1cccc(C(F)(F)F)c1)C1C2CCCN2CCN1C(N)=O. The number of nitrogens with two attached hydrogens (primary N) is 1. The summed E-state index contributed by atoms with van der Waals surface area (Å²) < 4.78 is 39.0. The lowest BCUT2D eigenvalue weighted by Crippen LogP contribution is -2.61. The Morgan fingerprint density at radius 3 is 2.71 bits per heavy atom. The number of halogens is 3. The van der Waals surface area contributed by atoms with Crippen molar-refractivity contribution in [2.75, 3.05) is 19.6 Å². The number of alkyl halides is 3. The zero-order valence-corrected chi connectivity index (χ0v) is 13.6. The molecule has 0 spiro atoms. The third kappa shape index (κ3) is 3.09. The molecular weight excluding hydrogens is 319 g/mol. The molecule has 4 nitrogen and oxygen atoms in total. The topological polar surface area (TPSA) is 49.6 Å². The minimum atomic E-state index is -4.37. The molecule has 0 aliphatic carbocycles. The first-order valence-corrected chi connectivity index (χ1v) is 8.26. The Morgan fingerprint density at radius 2 is 2.04 bits per heavy atom. The van der Waals surface area contributed by atoms with Crippen LogP contribution >= 0.6 is 0 Å². The number of carbonyl (C=O) groups is 1. The van der Waals surface area contributed by atoms with Crippen LogP contribution in [0.1, 0.15) is 36.8 Å². The van der Waals surface area contributed by atoms with E-state index >= 15 is 0 Å². The number of urea groups is 1. The summed E-state index contributed by atoms with van der Waals surface area (Å²) >= 11 is 0. The molecule has 0 radical (unpaired) electrons. The lowest BCUT2D eigenvalue weighted by atomic mass is 9.84. The van der Waals surface area contributed by atoms with Gasteiger partial charge in [-0.3, -0.25) is 4.90 Å². The third-order valence-corrected chi connectivity index (χ3v) is 5.33. The van der Waals surface area contributed by atoms with E-state index < -0.39 is 17.8 Å². The largest absolute Gasteiger partial charge is 0.416 e. The van der Waals surface area contributed by atoms with Crippen molar-refractivity contribution in [3.63, 3.8) is 0 Å². The molecule has 2 aliphatic rings. The van der Waals surface area contributed by atoms with Crippen LogP contribution in [-0.4, -0.2) is 47.5 Å². The molecule has 24 heavy (non-hydrogen) atoms. The Labute approximate surface area is 139 Å². The van der Waals surface area contributed by atoms with Crippen LogP contribution < -0.4 is 5.73 Å². The Kier molecular flexibility index (Phi) is 4.46. The highest BCUT2D eigenvalue weighted by Gasteiger charge is 2.43. The molecule has 0 saturated carbocycles. The van der Waals surface area contributed by atoms with Crippen molar-refractivity contribution in [1.82, 2.24) is 9.80 Å². The molecule has 2 amide bonds. The molecule has 2 saturated heterocycles. The minimum Gasteiger partial charge on any atom is -0.351 e. The van der Waals surface area contributed by atoms with Crippen molar-refractivity contribution in [2.45, 2.75) is 43.9 Å². The van der Waals surface area contributed by atoms with Crippen molar-refractivity contribution in [2.24, 2.45) is 5.73 Å². The fraction of sp³-hybridized carbons (Fsp3) is 0.588. The highest BCUT2D eigenvalue weighted by Crippen LogP contribution is 2.37. The maximum atomic E-state index is 13.0. The van der Waals surface area contributed by atoms with E-state index in [4.69, 9.17) is 5.73 Å². The first-order valence-electron chi connectivity index (χ1n) is 8.26. The number of hydrogen-bond donors (Lipinski definition) is 1. The first kappa shape index (κ1) is 17.1. The van der Waals surface area contributed by atoms with Gasteiger partial charge in [0, 0.05) is 25.0 Å². The molecule has 7 heteroatoms. The average Bonchev–Trinajstić information content (AvgIpc) is 3.01. The molecule has 0 bridgehead atoms. The Balaban J connectivity index is 1.93.